The average molecular weight is 413 g/mol. The zero-order valence-corrected chi connectivity index (χ0v) is 15.6. The van der Waals surface area contributed by atoms with E-state index < -0.39 is 41.4 Å². The quantitative estimate of drug-likeness (QED) is 0.271. The SMILES string of the molecule is O=C(O)C(Cc1cc2ccc(=O)oc2cc1O)(NCC(O)c1ccccc1)C(=O)O. The number of aliphatic hydroxyl groups excluding tert-OH is 1. The number of aliphatic carboxylic acids is 2. The largest absolute Gasteiger partial charge is 0.508 e. The van der Waals surface area contributed by atoms with Crippen LogP contribution in [0.3, 0.4) is 0 Å². The second-order valence-corrected chi connectivity index (χ2v) is 6.77. The van der Waals surface area contributed by atoms with Gasteiger partial charge in [-0.25, -0.2) is 14.4 Å². The van der Waals surface area contributed by atoms with E-state index in [0.29, 0.717) is 10.9 Å². The molecule has 3 aromatic rings. The van der Waals surface area contributed by atoms with Crippen molar-refractivity contribution >= 4 is 22.9 Å². The molecule has 0 aliphatic carbocycles. The predicted octanol–water partition coefficient (Wildman–Crippen LogP) is 1.27. The molecule has 2 aromatic carbocycles. The number of carbonyl (C=O) groups is 2. The standard InChI is InChI=1S/C21H19NO8/c23-15-9-17-13(6-7-18(25)30-17)8-14(15)10-21(19(26)27,20(28)29)22-11-16(24)12-4-2-1-3-5-12/h1-9,16,22-24H,10-11H2,(H,26,27)(H,28,29). The van der Waals surface area contributed by atoms with Gasteiger partial charge in [-0.3, -0.25) is 5.32 Å². The molecular weight excluding hydrogens is 394 g/mol. The molecule has 9 heteroatoms. The normalized spacial score (nSPS) is 12.6. The van der Waals surface area contributed by atoms with Gasteiger partial charge in [0, 0.05) is 30.5 Å². The molecule has 1 unspecified atom stereocenters. The lowest BCUT2D eigenvalue weighted by Gasteiger charge is -2.28. The maximum Gasteiger partial charge on any atom is 0.336 e. The van der Waals surface area contributed by atoms with Crippen molar-refractivity contribution in [3.8, 4) is 5.75 Å². The molecule has 0 radical (unpaired) electrons. The number of aliphatic hydroxyl groups is 1. The highest BCUT2D eigenvalue weighted by molar-refractivity contribution is 6.03. The Labute approximate surface area is 169 Å². The molecule has 30 heavy (non-hydrogen) atoms. The van der Waals surface area contributed by atoms with Gasteiger partial charge in [-0.2, -0.15) is 0 Å². The van der Waals surface area contributed by atoms with Gasteiger partial charge in [0.05, 0.1) is 6.10 Å². The molecule has 0 bridgehead atoms. The van der Waals surface area contributed by atoms with Crippen molar-refractivity contribution in [2.24, 2.45) is 0 Å². The third-order valence-corrected chi connectivity index (χ3v) is 4.79. The first-order chi connectivity index (χ1) is 14.2. The van der Waals surface area contributed by atoms with Crippen LogP contribution in [-0.4, -0.2) is 44.4 Å². The monoisotopic (exact) mass is 413 g/mol. The summed E-state index contributed by atoms with van der Waals surface area (Å²) in [5.74, 6) is -3.79. The van der Waals surface area contributed by atoms with Gasteiger partial charge in [0.25, 0.3) is 0 Å². The number of rotatable bonds is 8. The summed E-state index contributed by atoms with van der Waals surface area (Å²) in [6.07, 6.45) is -1.77. The van der Waals surface area contributed by atoms with E-state index in [1.807, 2.05) is 0 Å². The zero-order chi connectivity index (χ0) is 21.9. The Morgan fingerprint density at radius 1 is 1.03 bits per heavy atom. The summed E-state index contributed by atoms with van der Waals surface area (Å²) in [6.45, 7) is -0.355. The topological polar surface area (TPSA) is 157 Å². The van der Waals surface area contributed by atoms with Gasteiger partial charge in [-0.15, -0.1) is 0 Å². The van der Waals surface area contributed by atoms with Crippen molar-refractivity contribution in [3.63, 3.8) is 0 Å². The van der Waals surface area contributed by atoms with Crippen LogP contribution < -0.4 is 10.9 Å². The highest BCUT2D eigenvalue weighted by Gasteiger charge is 2.47. The van der Waals surface area contributed by atoms with E-state index in [2.05, 4.69) is 5.32 Å². The van der Waals surface area contributed by atoms with E-state index in [9.17, 15) is 34.8 Å². The molecule has 5 N–H and O–H groups in total. The average Bonchev–Trinajstić information content (AvgIpc) is 2.71. The maximum atomic E-state index is 12.0. The van der Waals surface area contributed by atoms with Gasteiger partial charge in [-0.05, 0) is 23.3 Å². The molecule has 0 saturated carbocycles. The Bertz CT molecular complexity index is 1120. The van der Waals surface area contributed by atoms with Crippen molar-refractivity contribution < 1.29 is 34.4 Å². The van der Waals surface area contributed by atoms with Crippen LogP contribution in [0.15, 0.2) is 63.8 Å². The molecule has 3 rings (SSSR count). The van der Waals surface area contributed by atoms with Crippen LogP contribution in [-0.2, 0) is 16.0 Å². The van der Waals surface area contributed by atoms with Crippen LogP contribution in [0.1, 0.15) is 17.2 Å². The number of nitrogens with one attached hydrogen (secondary N) is 1. The minimum absolute atomic E-state index is 0.0165. The van der Waals surface area contributed by atoms with Crippen molar-refractivity contribution in [3.05, 3.63) is 76.1 Å². The van der Waals surface area contributed by atoms with Crippen molar-refractivity contribution in [1.82, 2.24) is 5.32 Å². The van der Waals surface area contributed by atoms with Crippen LogP contribution in [0.4, 0.5) is 0 Å². The van der Waals surface area contributed by atoms with E-state index in [-0.39, 0.29) is 17.7 Å². The fourth-order valence-corrected chi connectivity index (χ4v) is 3.10. The Balaban J connectivity index is 1.94. The van der Waals surface area contributed by atoms with E-state index in [1.165, 1.54) is 12.1 Å². The zero-order valence-electron chi connectivity index (χ0n) is 15.6. The third-order valence-electron chi connectivity index (χ3n) is 4.79. The summed E-state index contributed by atoms with van der Waals surface area (Å²) in [4.78, 5) is 35.3. The first kappa shape index (κ1) is 21.0. The van der Waals surface area contributed by atoms with Crippen LogP contribution in [0.25, 0.3) is 11.0 Å². The molecule has 0 spiro atoms. The molecular formula is C21H19NO8. The molecule has 0 aliphatic rings. The van der Waals surface area contributed by atoms with Crippen LogP contribution in [0.5, 0.6) is 5.75 Å². The highest BCUT2D eigenvalue weighted by Crippen LogP contribution is 2.28. The maximum absolute atomic E-state index is 12.0. The number of phenols is 1. The third kappa shape index (κ3) is 4.17. The number of fused-ring (bicyclic) bond motifs is 1. The van der Waals surface area contributed by atoms with E-state index in [0.717, 1.165) is 12.1 Å². The van der Waals surface area contributed by atoms with Crippen LogP contribution >= 0.6 is 0 Å². The number of benzene rings is 2. The van der Waals surface area contributed by atoms with Gasteiger partial charge in [0.2, 0.25) is 5.54 Å². The van der Waals surface area contributed by atoms with Crippen LogP contribution in [0, 0.1) is 0 Å². The summed E-state index contributed by atoms with van der Waals surface area (Å²) < 4.78 is 4.95. The molecule has 0 fully saturated rings. The number of carboxylic acid groups (broad SMARTS) is 2. The minimum Gasteiger partial charge on any atom is -0.508 e. The number of carboxylic acids is 2. The van der Waals surface area contributed by atoms with Gasteiger partial charge < -0.3 is 24.8 Å². The molecule has 1 atom stereocenters. The molecule has 1 aromatic heterocycles. The second kappa shape index (κ2) is 8.36. The minimum atomic E-state index is -2.52. The van der Waals surface area contributed by atoms with Crippen molar-refractivity contribution in [2.45, 2.75) is 18.1 Å². The Kier molecular flexibility index (Phi) is 5.86. The second-order valence-electron chi connectivity index (χ2n) is 6.77. The summed E-state index contributed by atoms with van der Waals surface area (Å²) in [7, 11) is 0. The Morgan fingerprint density at radius 2 is 1.70 bits per heavy atom. The first-order valence-corrected chi connectivity index (χ1v) is 8.93. The predicted molar refractivity (Wildman–Crippen MR) is 105 cm³/mol. The Hall–Kier alpha value is -3.69. The first-order valence-electron chi connectivity index (χ1n) is 8.93. The fraction of sp³-hybridized carbons (Fsp3) is 0.190. The van der Waals surface area contributed by atoms with Gasteiger partial charge in [0.15, 0.2) is 0 Å². The van der Waals surface area contributed by atoms with Gasteiger partial charge in [-0.1, -0.05) is 30.3 Å². The highest BCUT2D eigenvalue weighted by atomic mass is 16.4. The lowest BCUT2D eigenvalue weighted by atomic mass is 9.89. The molecule has 0 aliphatic heterocycles. The summed E-state index contributed by atoms with van der Waals surface area (Å²) in [5, 5.41) is 42.8. The number of hydrogen-bond acceptors (Lipinski definition) is 7. The summed E-state index contributed by atoms with van der Waals surface area (Å²) >= 11 is 0. The van der Waals surface area contributed by atoms with Crippen molar-refractivity contribution in [1.29, 1.82) is 0 Å². The van der Waals surface area contributed by atoms with Gasteiger partial charge >= 0.3 is 17.6 Å². The molecule has 0 saturated heterocycles. The molecule has 156 valence electrons. The lowest BCUT2D eigenvalue weighted by Crippen LogP contribution is -2.60. The fourth-order valence-electron chi connectivity index (χ4n) is 3.10. The summed E-state index contributed by atoms with van der Waals surface area (Å²) in [5.41, 5.74) is -2.57. The number of aromatic hydroxyl groups is 1. The smallest absolute Gasteiger partial charge is 0.336 e. The lowest BCUT2D eigenvalue weighted by molar-refractivity contribution is -0.159. The summed E-state index contributed by atoms with van der Waals surface area (Å²) in [6, 6.07) is 13.4. The molecule has 1 heterocycles. The van der Waals surface area contributed by atoms with Crippen molar-refractivity contribution in [2.75, 3.05) is 6.54 Å². The van der Waals surface area contributed by atoms with E-state index >= 15 is 0 Å². The van der Waals surface area contributed by atoms with E-state index in [1.54, 1.807) is 30.3 Å². The number of β-amino-alcohol motifs (C(OH)–C–C–N with tert-alkyl or cyclic N) is 1. The Morgan fingerprint density at radius 3 is 2.33 bits per heavy atom. The van der Waals surface area contributed by atoms with Crippen LogP contribution in [0.2, 0.25) is 0 Å². The van der Waals surface area contributed by atoms with E-state index in [4.69, 9.17) is 4.42 Å². The number of phenolic OH excluding ortho intramolecular Hbond substituents is 1. The molecule has 9 nitrogen and oxygen atoms in total. The molecule has 0 amide bonds. The number of hydrogen-bond donors (Lipinski definition) is 5. The van der Waals surface area contributed by atoms with Gasteiger partial charge in [0.1, 0.15) is 11.3 Å².